The van der Waals surface area contributed by atoms with E-state index in [-0.39, 0.29) is 22.6 Å². The summed E-state index contributed by atoms with van der Waals surface area (Å²) in [4.78, 5) is 20.9. The van der Waals surface area contributed by atoms with Crippen LogP contribution in [0.3, 0.4) is 0 Å². The van der Waals surface area contributed by atoms with Crippen LogP contribution in [-0.2, 0) is 13.6 Å². The molecule has 1 N–H and O–H groups in total. The van der Waals surface area contributed by atoms with E-state index in [1.165, 1.54) is 12.3 Å². The first-order chi connectivity index (χ1) is 12.2. The lowest BCUT2D eigenvalue weighted by Gasteiger charge is -2.15. The van der Waals surface area contributed by atoms with Crippen LogP contribution in [-0.4, -0.2) is 41.7 Å². The number of aliphatic hydroxyl groups excluding tert-OH is 1. The molecular formula is C15H13ClF3N5O2. The van der Waals surface area contributed by atoms with E-state index >= 15 is 0 Å². The first-order valence-electron chi connectivity index (χ1n) is 7.46. The molecule has 1 atom stereocenters. The van der Waals surface area contributed by atoms with E-state index in [0.717, 1.165) is 10.9 Å². The van der Waals surface area contributed by atoms with E-state index in [4.69, 9.17) is 16.7 Å². The van der Waals surface area contributed by atoms with E-state index in [1.54, 1.807) is 17.9 Å². The van der Waals surface area contributed by atoms with Gasteiger partial charge in [-0.15, -0.1) is 0 Å². The largest absolute Gasteiger partial charge is 0.414 e. The van der Waals surface area contributed by atoms with Gasteiger partial charge in [-0.2, -0.15) is 18.3 Å². The van der Waals surface area contributed by atoms with Gasteiger partial charge in [0.05, 0.1) is 17.9 Å². The number of rotatable bonds is 4. The van der Waals surface area contributed by atoms with Gasteiger partial charge in [0.1, 0.15) is 16.4 Å². The number of fused-ring (bicyclic) bond motifs is 1. The maximum absolute atomic E-state index is 12.6. The molecule has 0 spiro atoms. The molecule has 3 aromatic heterocycles. The monoisotopic (exact) mass is 387 g/mol. The van der Waals surface area contributed by atoms with Crippen LogP contribution >= 0.6 is 11.6 Å². The van der Waals surface area contributed by atoms with Crippen molar-refractivity contribution in [2.45, 2.75) is 25.2 Å². The highest BCUT2D eigenvalue weighted by molar-refractivity contribution is 6.30. The van der Waals surface area contributed by atoms with Crippen LogP contribution in [0.15, 0.2) is 29.6 Å². The summed E-state index contributed by atoms with van der Waals surface area (Å²) in [7, 11) is 1.71. The van der Waals surface area contributed by atoms with Crippen molar-refractivity contribution in [2.24, 2.45) is 7.05 Å². The number of pyridine rings is 1. The van der Waals surface area contributed by atoms with Gasteiger partial charge in [0.2, 0.25) is 0 Å². The Balaban J connectivity index is 2.03. The molecule has 0 radical (unpaired) electrons. The van der Waals surface area contributed by atoms with Gasteiger partial charge >= 0.3 is 6.18 Å². The molecule has 0 saturated heterocycles. The van der Waals surface area contributed by atoms with Crippen molar-refractivity contribution in [3.63, 3.8) is 0 Å². The van der Waals surface area contributed by atoms with Crippen LogP contribution in [0, 0.1) is 0 Å². The van der Waals surface area contributed by atoms with E-state index in [0.29, 0.717) is 11.3 Å². The van der Waals surface area contributed by atoms with Crippen molar-refractivity contribution in [2.75, 3.05) is 0 Å². The van der Waals surface area contributed by atoms with Gasteiger partial charge in [-0.1, -0.05) is 11.6 Å². The predicted octanol–water partition coefficient (Wildman–Crippen LogP) is 2.16. The molecule has 0 unspecified atom stereocenters. The number of alkyl halides is 3. The van der Waals surface area contributed by atoms with Gasteiger partial charge in [0, 0.05) is 31.8 Å². The third-order valence-electron chi connectivity index (χ3n) is 3.78. The number of hydrogen-bond donors (Lipinski definition) is 1. The van der Waals surface area contributed by atoms with Gasteiger partial charge < -0.3 is 5.11 Å². The van der Waals surface area contributed by atoms with Crippen LogP contribution in [0.2, 0.25) is 5.15 Å². The van der Waals surface area contributed by atoms with E-state index in [9.17, 15) is 18.0 Å². The Morgan fingerprint density at radius 1 is 1.38 bits per heavy atom. The van der Waals surface area contributed by atoms with Crippen molar-refractivity contribution < 1.29 is 18.3 Å². The minimum atomic E-state index is -4.74. The Kier molecular flexibility index (Phi) is 4.72. The molecule has 0 aliphatic heterocycles. The summed E-state index contributed by atoms with van der Waals surface area (Å²) in [5.74, 6) is 0. The van der Waals surface area contributed by atoms with Crippen molar-refractivity contribution in [1.29, 1.82) is 0 Å². The number of aromatic nitrogens is 5. The summed E-state index contributed by atoms with van der Waals surface area (Å²) < 4.78 is 39.8. The SMILES string of the molecule is Cn1cc(-c2nc(Cl)cc3c(=O)n(CC[C@@H](O)C(F)(F)F)cnc23)cn1. The lowest BCUT2D eigenvalue weighted by molar-refractivity contribution is -0.206. The zero-order valence-electron chi connectivity index (χ0n) is 13.4. The number of nitrogens with zero attached hydrogens (tertiary/aromatic N) is 5. The maximum Gasteiger partial charge on any atom is 0.414 e. The second-order valence-corrected chi connectivity index (χ2v) is 6.07. The van der Waals surface area contributed by atoms with Crippen LogP contribution < -0.4 is 5.56 Å². The minimum Gasteiger partial charge on any atom is -0.384 e. The molecule has 0 fully saturated rings. The Hall–Kier alpha value is -2.46. The lowest BCUT2D eigenvalue weighted by Crippen LogP contribution is -2.31. The second-order valence-electron chi connectivity index (χ2n) is 5.68. The Morgan fingerprint density at radius 2 is 2.12 bits per heavy atom. The molecule has 0 aliphatic rings. The smallest absolute Gasteiger partial charge is 0.384 e. The zero-order chi connectivity index (χ0) is 19.1. The van der Waals surface area contributed by atoms with Crippen molar-refractivity contribution >= 4 is 22.5 Å². The van der Waals surface area contributed by atoms with Gasteiger partial charge in [-0.3, -0.25) is 14.0 Å². The number of hydrogen-bond acceptors (Lipinski definition) is 5. The van der Waals surface area contributed by atoms with Gasteiger partial charge in [-0.25, -0.2) is 9.97 Å². The predicted molar refractivity (Wildman–Crippen MR) is 87.7 cm³/mol. The first kappa shape index (κ1) is 18.3. The number of halogens is 4. The highest BCUT2D eigenvalue weighted by atomic mass is 35.5. The number of aliphatic hydroxyl groups is 1. The molecule has 0 aliphatic carbocycles. The fourth-order valence-corrected chi connectivity index (χ4v) is 2.66. The van der Waals surface area contributed by atoms with Crippen molar-refractivity contribution in [3.8, 4) is 11.3 Å². The quantitative estimate of drug-likeness (QED) is 0.693. The standard InChI is InChI=1S/C15H13ClF3N5O2/c1-23-6-8(5-21-23)12-13-9(4-11(16)22-12)14(26)24(7-20-13)3-2-10(25)15(17,18)19/h4-7,10,25H,2-3H2,1H3/t10-/m1/s1. The van der Waals surface area contributed by atoms with Crippen LogP contribution in [0.1, 0.15) is 6.42 Å². The van der Waals surface area contributed by atoms with Gasteiger partial charge in [-0.05, 0) is 6.07 Å². The molecule has 138 valence electrons. The molecule has 0 aromatic carbocycles. The Morgan fingerprint density at radius 3 is 2.73 bits per heavy atom. The minimum absolute atomic E-state index is 0.0447. The Bertz CT molecular complexity index is 1010. The third kappa shape index (κ3) is 3.56. The van der Waals surface area contributed by atoms with E-state index in [1.807, 2.05) is 0 Å². The second kappa shape index (κ2) is 6.69. The van der Waals surface area contributed by atoms with Crippen LogP contribution in [0.5, 0.6) is 0 Å². The molecule has 7 nitrogen and oxygen atoms in total. The summed E-state index contributed by atoms with van der Waals surface area (Å²) >= 11 is 5.99. The average Bonchev–Trinajstić information content (AvgIpc) is 2.99. The van der Waals surface area contributed by atoms with Gasteiger partial charge in [0.25, 0.3) is 5.56 Å². The summed E-state index contributed by atoms with van der Waals surface area (Å²) in [5, 5.41) is 13.3. The van der Waals surface area contributed by atoms with E-state index < -0.39 is 24.3 Å². The Labute approximate surface area is 149 Å². The molecule has 3 aromatic rings. The first-order valence-corrected chi connectivity index (χ1v) is 7.84. The summed E-state index contributed by atoms with van der Waals surface area (Å²) in [5.41, 5.74) is 0.635. The normalized spacial score (nSPS) is 13.3. The zero-order valence-corrected chi connectivity index (χ0v) is 14.2. The highest BCUT2D eigenvalue weighted by Crippen LogP contribution is 2.26. The average molecular weight is 388 g/mol. The molecule has 11 heteroatoms. The van der Waals surface area contributed by atoms with Crippen molar-refractivity contribution in [3.05, 3.63) is 40.3 Å². The summed E-state index contributed by atoms with van der Waals surface area (Å²) in [6.07, 6.45) is -3.59. The van der Waals surface area contributed by atoms with Crippen LogP contribution in [0.4, 0.5) is 13.2 Å². The fraction of sp³-hybridized carbons (Fsp3) is 0.333. The molecule has 26 heavy (non-hydrogen) atoms. The molecule has 0 saturated carbocycles. The topological polar surface area (TPSA) is 85.8 Å². The third-order valence-corrected chi connectivity index (χ3v) is 3.97. The van der Waals surface area contributed by atoms with Crippen molar-refractivity contribution in [1.82, 2.24) is 24.3 Å². The summed E-state index contributed by atoms with van der Waals surface area (Å²) in [6, 6.07) is 1.31. The number of aryl methyl sites for hydroxylation is 2. The van der Waals surface area contributed by atoms with E-state index in [2.05, 4.69) is 15.1 Å². The maximum atomic E-state index is 12.6. The molecule has 0 amide bonds. The molecule has 3 heterocycles. The van der Waals surface area contributed by atoms with Gasteiger partial charge in [0.15, 0.2) is 6.10 Å². The fourth-order valence-electron chi connectivity index (χ4n) is 2.46. The molecular weight excluding hydrogens is 375 g/mol. The summed E-state index contributed by atoms with van der Waals surface area (Å²) in [6.45, 7) is -0.343. The lowest BCUT2D eigenvalue weighted by atomic mass is 10.1. The highest BCUT2D eigenvalue weighted by Gasteiger charge is 2.37. The molecule has 3 rings (SSSR count). The molecule has 0 bridgehead atoms. The van der Waals surface area contributed by atoms with Crippen LogP contribution in [0.25, 0.3) is 22.2 Å².